The molecule has 0 bridgehead atoms. The van der Waals surface area contributed by atoms with Gasteiger partial charge >= 0.3 is 0 Å². The number of piperidine rings is 1. The number of halogens is 1. The van der Waals surface area contributed by atoms with E-state index in [4.69, 9.17) is 0 Å². The fraction of sp³-hybridized carbons (Fsp3) is 0.429. The molecule has 1 aliphatic heterocycles. The zero-order valence-corrected chi connectivity index (χ0v) is 10.9. The fourth-order valence-corrected chi connectivity index (χ4v) is 2.51. The van der Waals surface area contributed by atoms with Crippen LogP contribution in [0.1, 0.15) is 24.6 Å². The maximum atomic E-state index is 12.9. The smallest absolute Gasteiger partial charge is 0.158 e. The number of aryl methyl sites for hydroxylation is 1. The molecule has 19 heavy (non-hydrogen) atoms. The highest BCUT2D eigenvalue weighted by Gasteiger charge is 2.21. The van der Waals surface area contributed by atoms with Crippen molar-refractivity contribution in [1.29, 1.82) is 0 Å². The van der Waals surface area contributed by atoms with E-state index >= 15 is 0 Å². The molecule has 0 radical (unpaired) electrons. The number of nitrogens with one attached hydrogen (secondary N) is 1. The predicted molar refractivity (Wildman–Crippen MR) is 71.2 cm³/mol. The number of nitrogens with zero attached hydrogens (tertiary/aromatic N) is 3. The lowest BCUT2D eigenvalue weighted by molar-refractivity contribution is 0.443. The summed E-state index contributed by atoms with van der Waals surface area (Å²) in [5, 5.41) is 7.86. The van der Waals surface area contributed by atoms with Crippen LogP contribution in [-0.4, -0.2) is 27.9 Å². The first-order chi connectivity index (χ1) is 9.24. The lowest BCUT2D eigenvalue weighted by atomic mass is 9.98. The molecule has 2 aromatic rings. The van der Waals surface area contributed by atoms with Gasteiger partial charge in [0.05, 0.1) is 0 Å². The van der Waals surface area contributed by atoms with Crippen molar-refractivity contribution in [1.82, 2.24) is 20.1 Å². The van der Waals surface area contributed by atoms with Crippen molar-refractivity contribution in [3.8, 4) is 11.4 Å². The van der Waals surface area contributed by atoms with E-state index in [9.17, 15) is 4.39 Å². The van der Waals surface area contributed by atoms with Crippen LogP contribution in [0.3, 0.4) is 0 Å². The molecule has 0 saturated carbocycles. The normalized spacial score (nSPS) is 16.7. The van der Waals surface area contributed by atoms with Crippen molar-refractivity contribution in [3.05, 3.63) is 35.9 Å². The maximum absolute atomic E-state index is 12.9. The van der Waals surface area contributed by atoms with E-state index in [0.717, 1.165) is 43.1 Å². The molecule has 1 fully saturated rings. The van der Waals surface area contributed by atoms with E-state index in [1.54, 1.807) is 16.8 Å². The number of benzene rings is 1. The third-order valence-corrected chi connectivity index (χ3v) is 3.59. The summed E-state index contributed by atoms with van der Waals surface area (Å²) in [7, 11) is 1.89. The maximum Gasteiger partial charge on any atom is 0.158 e. The van der Waals surface area contributed by atoms with Crippen LogP contribution in [0.2, 0.25) is 0 Å². The second-order valence-corrected chi connectivity index (χ2v) is 4.95. The van der Waals surface area contributed by atoms with Gasteiger partial charge in [-0.1, -0.05) is 0 Å². The molecular weight excluding hydrogens is 243 g/mol. The van der Waals surface area contributed by atoms with E-state index < -0.39 is 0 Å². The standard InChI is InChI=1S/C14H17FN4/c1-19-14(11-2-4-12(15)5-3-11)17-13(18-19)10-6-8-16-9-7-10/h2-5,10,16H,6-9H2,1H3. The first kappa shape index (κ1) is 12.3. The lowest BCUT2D eigenvalue weighted by Crippen LogP contribution is -2.27. The predicted octanol–water partition coefficient (Wildman–Crippen LogP) is 2.09. The Bertz CT molecular complexity index is 555. The van der Waals surface area contributed by atoms with Crippen LogP contribution in [0.4, 0.5) is 4.39 Å². The zero-order valence-electron chi connectivity index (χ0n) is 10.9. The minimum atomic E-state index is -0.232. The average molecular weight is 260 g/mol. The molecule has 0 amide bonds. The quantitative estimate of drug-likeness (QED) is 0.899. The molecule has 2 heterocycles. The van der Waals surface area contributed by atoms with Gasteiger partial charge in [-0.15, -0.1) is 0 Å². The number of aromatic nitrogens is 3. The summed E-state index contributed by atoms with van der Waals surface area (Å²) >= 11 is 0. The second-order valence-electron chi connectivity index (χ2n) is 4.95. The number of hydrogen-bond acceptors (Lipinski definition) is 3. The molecule has 0 aliphatic carbocycles. The highest BCUT2D eigenvalue weighted by atomic mass is 19.1. The molecule has 1 aromatic heterocycles. The molecule has 1 aliphatic rings. The van der Waals surface area contributed by atoms with Gasteiger partial charge in [-0.25, -0.2) is 14.1 Å². The van der Waals surface area contributed by atoms with Gasteiger partial charge in [0.2, 0.25) is 0 Å². The Morgan fingerprint density at radius 3 is 2.58 bits per heavy atom. The summed E-state index contributed by atoms with van der Waals surface area (Å²) in [6.45, 7) is 2.05. The van der Waals surface area contributed by atoms with Gasteiger partial charge in [0.25, 0.3) is 0 Å². The third-order valence-electron chi connectivity index (χ3n) is 3.59. The lowest BCUT2D eigenvalue weighted by Gasteiger charge is -2.19. The van der Waals surface area contributed by atoms with Gasteiger partial charge in [-0.3, -0.25) is 0 Å². The molecule has 1 N–H and O–H groups in total. The Balaban J connectivity index is 1.90. The molecule has 100 valence electrons. The van der Waals surface area contributed by atoms with Crippen molar-refractivity contribution >= 4 is 0 Å². The van der Waals surface area contributed by atoms with Crippen LogP contribution in [-0.2, 0) is 7.05 Å². The zero-order chi connectivity index (χ0) is 13.2. The Hall–Kier alpha value is -1.75. The van der Waals surface area contributed by atoms with Crippen LogP contribution in [0.5, 0.6) is 0 Å². The Morgan fingerprint density at radius 2 is 1.89 bits per heavy atom. The third kappa shape index (κ3) is 2.51. The first-order valence-electron chi connectivity index (χ1n) is 6.61. The van der Waals surface area contributed by atoms with Gasteiger partial charge in [-0.2, -0.15) is 5.10 Å². The summed E-state index contributed by atoms with van der Waals surface area (Å²) < 4.78 is 14.7. The largest absolute Gasteiger partial charge is 0.317 e. The second kappa shape index (κ2) is 5.09. The SMILES string of the molecule is Cn1nc(C2CCNCC2)nc1-c1ccc(F)cc1. The van der Waals surface area contributed by atoms with Gasteiger partial charge < -0.3 is 5.32 Å². The summed E-state index contributed by atoms with van der Waals surface area (Å²) in [5.41, 5.74) is 0.900. The highest BCUT2D eigenvalue weighted by Crippen LogP contribution is 2.25. The molecule has 0 unspecified atom stereocenters. The molecule has 1 aromatic carbocycles. The van der Waals surface area contributed by atoms with Crippen LogP contribution in [0.15, 0.2) is 24.3 Å². The van der Waals surface area contributed by atoms with Crippen LogP contribution >= 0.6 is 0 Å². The summed E-state index contributed by atoms with van der Waals surface area (Å²) in [5.74, 6) is 1.91. The van der Waals surface area contributed by atoms with E-state index in [-0.39, 0.29) is 5.82 Å². The number of hydrogen-bond donors (Lipinski definition) is 1. The summed E-state index contributed by atoms with van der Waals surface area (Å²) in [6, 6.07) is 6.39. The molecule has 1 saturated heterocycles. The van der Waals surface area contributed by atoms with Crippen molar-refractivity contribution < 1.29 is 4.39 Å². The fourth-order valence-electron chi connectivity index (χ4n) is 2.51. The van der Waals surface area contributed by atoms with E-state index in [1.165, 1.54) is 12.1 Å². The van der Waals surface area contributed by atoms with E-state index in [1.807, 2.05) is 7.05 Å². The van der Waals surface area contributed by atoms with Crippen molar-refractivity contribution in [2.45, 2.75) is 18.8 Å². The van der Waals surface area contributed by atoms with E-state index in [0.29, 0.717) is 5.92 Å². The summed E-state index contributed by atoms with van der Waals surface area (Å²) in [6.07, 6.45) is 2.15. The number of rotatable bonds is 2. The summed E-state index contributed by atoms with van der Waals surface area (Å²) in [4.78, 5) is 4.63. The molecule has 5 heteroatoms. The molecule has 3 rings (SSSR count). The monoisotopic (exact) mass is 260 g/mol. The Labute approximate surface area is 111 Å². The molecule has 4 nitrogen and oxygen atoms in total. The molecule has 0 spiro atoms. The van der Waals surface area contributed by atoms with Crippen molar-refractivity contribution in [2.75, 3.05) is 13.1 Å². The minimum absolute atomic E-state index is 0.232. The highest BCUT2D eigenvalue weighted by molar-refractivity contribution is 5.54. The van der Waals surface area contributed by atoms with Gasteiger partial charge in [0.1, 0.15) is 5.82 Å². The van der Waals surface area contributed by atoms with Gasteiger partial charge in [0, 0.05) is 18.5 Å². The molecular formula is C14H17FN4. The Kier molecular flexibility index (Phi) is 3.29. The van der Waals surface area contributed by atoms with Crippen LogP contribution < -0.4 is 5.32 Å². The first-order valence-corrected chi connectivity index (χ1v) is 6.61. The van der Waals surface area contributed by atoms with E-state index in [2.05, 4.69) is 15.4 Å². The van der Waals surface area contributed by atoms with Crippen LogP contribution in [0, 0.1) is 5.82 Å². The average Bonchev–Trinajstić information content (AvgIpc) is 2.83. The molecule has 0 atom stereocenters. The van der Waals surface area contributed by atoms with Crippen molar-refractivity contribution in [2.24, 2.45) is 7.05 Å². The topological polar surface area (TPSA) is 42.7 Å². The van der Waals surface area contributed by atoms with Gasteiger partial charge in [0.15, 0.2) is 11.6 Å². The Morgan fingerprint density at radius 1 is 1.21 bits per heavy atom. The minimum Gasteiger partial charge on any atom is -0.317 e. The van der Waals surface area contributed by atoms with Crippen molar-refractivity contribution in [3.63, 3.8) is 0 Å². The van der Waals surface area contributed by atoms with Crippen LogP contribution in [0.25, 0.3) is 11.4 Å². The van der Waals surface area contributed by atoms with Gasteiger partial charge in [-0.05, 0) is 50.2 Å².